The molecule has 1 aromatic heterocycles. The highest BCUT2D eigenvalue weighted by Gasteiger charge is 2.29. The SMILES string of the molecule is CN1CCN(C(=O)CON=C2C(c3c(O)[nH]c4ccc(Cl)cc34)=Nc3ccccc32)CC1. The summed E-state index contributed by atoms with van der Waals surface area (Å²) in [4.78, 5) is 29.6. The van der Waals surface area contributed by atoms with Gasteiger partial charge in [-0.2, -0.15) is 0 Å². The monoisotopic (exact) mass is 451 g/mol. The smallest absolute Gasteiger partial charge is 0.263 e. The van der Waals surface area contributed by atoms with Gasteiger partial charge in [-0.05, 0) is 31.3 Å². The van der Waals surface area contributed by atoms with Crippen molar-refractivity contribution in [2.45, 2.75) is 0 Å². The van der Waals surface area contributed by atoms with Crippen LogP contribution in [0, 0.1) is 0 Å². The zero-order chi connectivity index (χ0) is 22.2. The van der Waals surface area contributed by atoms with E-state index in [1.165, 1.54) is 0 Å². The summed E-state index contributed by atoms with van der Waals surface area (Å²) in [6, 6.07) is 12.8. The van der Waals surface area contributed by atoms with E-state index in [4.69, 9.17) is 21.4 Å². The van der Waals surface area contributed by atoms with Crippen LogP contribution in [0.3, 0.4) is 0 Å². The summed E-state index contributed by atoms with van der Waals surface area (Å²) in [5.74, 6) is -0.135. The van der Waals surface area contributed by atoms with Crippen LogP contribution < -0.4 is 0 Å². The molecular formula is C23H22ClN5O3. The number of likely N-dealkylation sites (N-methyl/N-ethyl adjacent to an activating group) is 1. The summed E-state index contributed by atoms with van der Waals surface area (Å²) in [6.07, 6.45) is 0. The lowest BCUT2D eigenvalue weighted by Crippen LogP contribution is -2.48. The first kappa shape index (κ1) is 20.5. The second kappa shape index (κ2) is 8.29. The molecule has 0 atom stereocenters. The molecule has 1 saturated heterocycles. The van der Waals surface area contributed by atoms with Crippen molar-refractivity contribution in [2.75, 3.05) is 39.8 Å². The molecule has 32 heavy (non-hydrogen) atoms. The predicted molar refractivity (Wildman–Crippen MR) is 124 cm³/mol. The van der Waals surface area contributed by atoms with Gasteiger partial charge >= 0.3 is 0 Å². The minimum Gasteiger partial charge on any atom is -0.494 e. The van der Waals surface area contributed by atoms with Gasteiger partial charge in [0.2, 0.25) is 0 Å². The van der Waals surface area contributed by atoms with Gasteiger partial charge in [0.1, 0.15) is 11.4 Å². The van der Waals surface area contributed by atoms with Crippen molar-refractivity contribution in [3.8, 4) is 5.88 Å². The van der Waals surface area contributed by atoms with Gasteiger partial charge in [-0.1, -0.05) is 35.0 Å². The molecular weight excluding hydrogens is 430 g/mol. The largest absolute Gasteiger partial charge is 0.494 e. The number of benzene rings is 2. The van der Waals surface area contributed by atoms with Crippen molar-refractivity contribution in [3.05, 3.63) is 58.6 Å². The number of carbonyl (C=O) groups is 1. The van der Waals surface area contributed by atoms with Gasteiger partial charge in [-0.15, -0.1) is 0 Å². The standard InChI is InChI=1S/C23H22ClN5O3/c1-28-8-10-29(11-9-28)19(30)13-32-27-21-15-4-2-3-5-17(15)25-22(21)20-16-12-14(24)6-7-18(16)26-23(20)31/h2-7,12,26,31H,8-11,13H2,1H3. The lowest BCUT2D eigenvalue weighted by Gasteiger charge is -2.32. The average Bonchev–Trinajstić information content (AvgIpc) is 3.30. The third-order valence-corrected chi connectivity index (χ3v) is 6.03. The van der Waals surface area contributed by atoms with Gasteiger partial charge in [-0.3, -0.25) is 4.79 Å². The molecule has 0 bridgehead atoms. The minimum absolute atomic E-state index is 0.0324. The van der Waals surface area contributed by atoms with E-state index in [0.717, 1.165) is 29.6 Å². The maximum atomic E-state index is 12.5. The fourth-order valence-corrected chi connectivity index (χ4v) is 4.20. The molecule has 1 amide bonds. The number of fused-ring (bicyclic) bond motifs is 2. The lowest BCUT2D eigenvalue weighted by atomic mass is 10.0. The van der Waals surface area contributed by atoms with E-state index >= 15 is 0 Å². The Bertz CT molecular complexity index is 1260. The Morgan fingerprint density at radius 1 is 1.22 bits per heavy atom. The Kier molecular flexibility index (Phi) is 5.32. The quantitative estimate of drug-likeness (QED) is 0.596. The Morgan fingerprint density at radius 2 is 2.00 bits per heavy atom. The molecule has 2 aliphatic rings. The number of rotatable bonds is 4. The Hall–Kier alpha value is -3.36. The van der Waals surface area contributed by atoms with Crippen LogP contribution >= 0.6 is 11.6 Å². The number of aliphatic imine (C=N–C) groups is 1. The number of carbonyl (C=O) groups excluding carboxylic acids is 1. The lowest BCUT2D eigenvalue weighted by molar-refractivity contribution is -0.137. The van der Waals surface area contributed by atoms with Crippen molar-refractivity contribution < 1.29 is 14.7 Å². The van der Waals surface area contributed by atoms with Gasteiger partial charge in [0.25, 0.3) is 5.91 Å². The molecule has 0 radical (unpaired) electrons. The zero-order valence-electron chi connectivity index (χ0n) is 17.5. The number of amides is 1. The molecule has 0 saturated carbocycles. The van der Waals surface area contributed by atoms with E-state index in [1.54, 1.807) is 23.1 Å². The molecule has 0 unspecified atom stereocenters. The number of hydrogen-bond acceptors (Lipinski definition) is 6. The highest BCUT2D eigenvalue weighted by Crippen LogP contribution is 2.36. The first-order valence-corrected chi connectivity index (χ1v) is 10.7. The maximum absolute atomic E-state index is 12.5. The normalized spacial score (nSPS) is 17.6. The zero-order valence-corrected chi connectivity index (χ0v) is 18.3. The van der Waals surface area contributed by atoms with Crippen molar-refractivity contribution in [3.63, 3.8) is 0 Å². The van der Waals surface area contributed by atoms with Crippen molar-refractivity contribution in [1.82, 2.24) is 14.8 Å². The van der Waals surface area contributed by atoms with Crippen LogP contribution in [-0.2, 0) is 9.63 Å². The van der Waals surface area contributed by atoms with Gasteiger partial charge in [0, 0.05) is 47.7 Å². The molecule has 0 spiro atoms. The van der Waals surface area contributed by atoms with E-state index in [0.29, 0.717) is 40.8 Å². The minimum atomic E-state index is -0.158. The number of aromatic amines is 1. The highest BCUT2D eigenvalue weighted by molar-refractivity contribution is 6.58. The fraction of sp³-hybridized carbons (Fsp3) is 0.261. The number of para-hydroxylation sites is 1. The van der Waals surface area contributed by atoms with Gasteiger partial charge in [0.05, 0.1) is 11.3 Å². The van der Waals surface area contributed by atoms with Crippen LogP contribution in [0.2, 0.25) is 5.02 Å². The number of oxime groups is 1. The van der Waals surface area contributed by atoms with Crippen LogP contribution in [-0.4, -0.2) is 77.1 Å². The molecule has 9 heteroatoms. The van der Waals surface area contributed by atoms with Crippen molar-refractivity contribution in [1.29, 1.82) is 0 Å². The molecule has 3 aromatic rings. The van der Waals surface area contributed by atoms with Crippen LogP contribution in [0.1, 0.15) is 11.1 Å². The molecule has 2 N–H and O–H groups in total. The molecule has 3 heterocycles. The second-order valence-corrected chi connectivity index (χ2v) is 8.35. The summed E-state index contributed by atoms with van der Waals surface area (Å²) in [7, 11) is 2.04. The van der Waals surface area contributed by atoms with Crippen LogP contribution in [0.15, 0.2) is 52.6 Å². The number of nitrogens with zero attached hydrogens (tertiary/aromatic N) is 4. The topological polar surface area (TPSA) is 93.5 Å². The molecule has 2 aromatic carbocycles. The first-order chi connectivity index (χ1) is 15.5. The summed E-state index contributed by atoms with van der Waals surface area (Å²) in [6.45, 7) is 2.87. The van der Waals surface area contributed by atoms with Gasteiger partial charge in [-0.25, -0.2) is 4.99 Å². The first-order valence-electron chi connectivity index (χ1n) is 10.4. The van der Waals surface area contributed by atoms with E-state index in [-0.39, 0.29) is 18.4 Å². The number of piperazine rings is 1. The van der Waals surface area contributed by atoms with E-state index in [1.807, 2.05) is 31.3 Å². The predicted octanol–water partition coefficient (Wildman–Crippen LogP) is 3.16. The number of aromatic hydroxyl groups is 1. The highest BCUT2D eigenvalue weighted by atomic mass is 35.5. The number of nitrogens with one attached hydrogen (secondary N) is 1. The number of hydrogen-bond donors (Lipinski definition) is 2. The van der Waals surface area contributed by atoms with E-state index < -0.39 is 0 Å². The van der Waals surface area contributed by atoms with E-state index in [2.05, 4.69) is 15.0 Å². The second-order valence-electron chi connectivity index (χ2n) is 7.91. The number of H-pyrrole nitrogens is 1. The van der Waals surface area contributed by atoms with Crippen LogP contribution in [0.5, 0.6) is 5.88 Å². The molecule has 164 valence electrons. The van der Waals surface area contributed by atoms with Crippen molar-refractivity contribution in [2.24, 2.45) is 10.1 Å². The van der Waals surface area contributed by atoms with Crippen molar-refractivity contribution >= 4 is 45.5 Å². The fourth-order valence-electron chi connectivity index (χ4n) is 4.03. The summed E-state index contributed by atoms with van der Waals surface area (Å²) >= 11 is 6.20. The summed E-state index contributed by atoms with van der Waals surface area (Å²) in [5, 5.41) is 16.2. The molecule has 5 rings (SSSR count). The van der Waals surface area contributed by atoms with Crippen LogP contribution in [0.4, 0.5) is 5.69 Å². The molecule has 2 aliphatic heterocycles. The maximum Gasteiger partial charge on any atom is 0.263 e. The third-order valence-electron chi connectivity index (χ3n) is 5.79. The van der Waals surface area contributed by atoms with Gasteiger partial charge < -0.3 is 24.7 Å². The Balaban J connectivity index is 1.45. The number of aromatic nitrogens is 1. The molecule has 0 aliphatic carbocycles. The average molecular weight is 452 g/mol. The summed E-state index contributed by atoms with van der Waals surface area (Å²) < 4.78 is 0. The Morgan fingerprint density at radius 3 is 2.81 bits per heavy atom. The molecule has 8 nitrogen and oxygen atoms in total. The van der Waals surface area contributed by atoms with E-state index in [9.17, 15) is 9.90 Å². The number of halogens is 1. The summed E-state index contributed by atoms with van der Waals surface area (Å²) in [5.41, 5.74) is 3.63. The third kappa shape index (κ3) is 3.72. The van der Waals surface area contributed by atoms with Gasteiger partial charge in [0.15, 0.2) is 12.5 Å². The Labute approximate surface area is 189 Å². The van der Waals surface area contributed by atoms with Crippen LogP contribution in [0.25, 0.3) is 10.9 Å². The molecule has 1 fully saturated rings.